The van der Waals surface area contributed by atoms with Crippen LogP contribution < -0.4 is 0 Å². The van der Waals surface area contributed by atoms with E-state index >= 15 is 0 Å². The molecule has 0 rings (SSSR count). The Labute approximate surface area is 237 Å². The molecule has 0 aromatic heterocycles. The van der Waals surface area contributed by atoms with Gasteiger partial charge in [-0.15, -0.1) is 0 Å². The fourth-order valence-corrected chi connectivity index (χ4v) is 6.48. The van der Waals surface area contributed by atoms with Crippen LogP contribution in [0.15, 0.2) is 0 Å². The van der Waals surface area contributed by atoms with Gasteiger partial charge in [0.1, 0.15) is 0 Å². The molecule has 0 aromatic carbocycles. The van der Waals surface area contributed by atoms with E-state index in [0.29, 0.717) is 11.1 Å². The largest absolute Gasteiger partial charge is 0.293 e. The van der Waals surface area contributed by atoms with E-state index in [9.17, 15) is 0 Å². The number of hydrogen-bond acceptors (Lipinski definition) is 1. The van der Waals surface area contributed by atoms with Crippen molar-refractivity contribution < 1.29 is 0 Å². The first kappa shape index (κ1) is 37.0. The summed E-state index contributed by atoms with van der Waals surface area (Å²) in [4.78, 5) is 2.94. The molecule has 0 N–H and O–H groups in total. The summed E-state index contributed by atoms with van der Waals surface area (Å²) >= 11 is 0. The maximum atomic E-state index is 2.94. The number of nitrogens with zero attached hydrogens (tertiary/aromatic N) is 1. The van der Waals surface area contributed by atoms with E-state index in [1.807, 2.05) is 0 Å². The molecule has 0 saturated carbocycles. The Hall–Kier alpha value is -0.0400. The van der Waals surface area contributed by atoms with E-state index in [4.69, 9.17) is 0 Å². The van der Waals surface area contributed by atoms with Gasteiger partial charge < -0.3 is 0 Å². The molecule has 0 unspecified atom stereocenters. The van der Waals surface area contributed by atoms with Gasteiger partial charge in [-0.1, -0.05) is 168 Å². The summed E-state index contributed by atoms with van der Waals surface area (Å²) in [5, 5.41) is 0. The van der Waals surface area contributed by atoms with Gasteiger partial charge in [0.25, 0.3) is 0 Å². The average Bonchev–Trinajstić information content (AvgIpc) is 2.86. The third-order valence-electron chi connectivity index (χ3n) is 8.98. The average molecular weight is 522 g/mol. The van der Waals surface area contributed by atoms with E-state index in [1.54, 1.807) is 0 Å². The SMILES string of the molecule is CCCCCCCCCCCCC(C)(C)N(CCCCCC)C(C)(C)CCCCCCCCCCCC. The van der Waals surface area contributed by atoms with E-state index < -0.39 is 0 Å². The molecule has 0 aromatic rings. The van der Waals surface area contributed by atoms with Crippen LogP contribution in [0, 0.1) is 0 Å². The molecule has 1 heteroatoms. The highest BCUT2D eigenvalue weighted by atomic mass is 15.2. The molecule has 0 radical (unpaired) electrons. The second-order valence-electron chi connectivity index (χ2n) is 13.7. The Balaban J connectivity index is 4.42. The Morgan fingerprint density at radius 3 is 0.865 bits per heavy atom. The van der Waals surface area contributed by atoms with Crippen molar-refractivity contribution in [1.82, 2.24) is 4.90 Å². The predicted molar refractivity (Wildman–Crippen MR) is 172 cm³/mol. The summed E-state index contributed by atoms with van der Waals surface area (Å²) in [5.41, 5.74) is 0.628. The number of unbranched alkanes of at least 4 members (excludes halogenated alkanes) is 21. The zero-order chi connectivity index (χ0) is 27.7. The molecule has 0 saturated heterocycles. The van der Waals surface area contributed by atoms with Crippen molar-refractivity contribution in [3.63, 3.8) is 0 Å². The number of rotatable bonds is 29. The third kappa shape index (κ3) is 21.5. The second-order valence-corrected chi connectivity index (χ2v) is 13.7. The van der Waals surface area contributed by atoms with Crippen LogP contribution in [0.1, 0.15) is 215 Å². The zero-order valence-electron chi connectivity index (χ0n) is 27.5. The Morgan fingerprint density at radius 1 is 0.324 bits per heavy atom. The summed E-state index contributed by atoms with van der Waals surface area (Å²) in [7, 11) is 0. The molecule has 0 atom stereocenters. The van der Waals surface area contributed by atoms with E-state index in [-0.39, 0.29) is 0 Å². The fourth-order valence-electron chi connectivity index (χ4n) is 6.48. The fraction of sp³-hybridized carbons (Fsp3) is 1.00. The predicted octanol–water partition coefficient (Wildman–Crippen LogP) is 13.0. The van der Waals surface area contributed by atoms with Crippen LogP contribution in [0.5, 0.6) is 0 Å². The van der Waals surface area contributed by atoms with E-state index in [0.717, 1.165) is 0 Å². The van der Waals surface area contributed by atoms with Gasteiger partial charge in [0.05, 0.1) is 0 Å². The molecule has 0 aliphatic carbocycles. The van der Waals surface area contributed by atoms with Crippen molar-refractivity contribution in [2.45, 2.75) is 226 Å². The lowest BCUT2D eigenvalue weighted by Gasteiger charge is -2.49. The summed E-state index contributed by atoms with van der Waals surface area (Å²) in [6, 6.07) is 0. The smallest absolute Gasteiger partial charge is 0.0158 e. The molecule has 0 heterocycles. The molecular formula is C36H75N. The molecule has 0 fully saturated rings. The highest BCUT2D eigenvalue weighted by Gasteiger charge is 2.36. The maximum absolute atomic E-state index is 2.94. The topological polar surface area (TPSA) is 3.24 Å². The first-order valence-electron chi connectivity index (χ1n) is 17.6. The quantitative estimate of drug-likeness (QED) is 0.0884. The van der Waals surface area contributed by atoms with Gasteiger partial charge in [0.2, 0.25) is 0 Å². The lowest BCUT2D eigenvalue weighted by Crippen LogP contribution is -2.55. The van der Waals surface area contributed by atoms with Crippen LogP contribution in [-0.4, -0.2) is 22.5 Å². The van der Waals surface area contributed by atoms with Gasteiger partial charge in [-0.3, -0.25) is 4.90 Å². The van der Waals surface area contributed by atoms with E-state index in [1.165, 1.54) is 173 Å². The molecular weight excluding hydrogens is 446 g/mol. The van der Waals surface area contributed by atoms with Gasteiger partial charge in [-0.25, -0.2) is 0 Å². The summed E-state index contributed by atoms with van der Waals surface area (Å²) in [6.45, 7) is 18.5. The van der Waals surface area contributed by atoms with Crippen molar-refractivity contribution in [1.29, 1.82) is 0 Å². The van der Waals surface area contributed by atoms with Crippen LogP contribution in [0.2, 0.25) is 0 Å². The Kier molecular flexibility index (Phi) is 24.9. The van der Waals surface area contributed by atoms with Crippen molar-refractivity contribution in [3.8, 4) is 0 Å². The van der Waals surface area contributed by atoms with Gasteiger partial charge in [-0.05, 0) is 53.5 Å². The van der Waals surface area contributed by atoms with E-state index in [2.05, 4.69) is 53.4 Å². The minimum absolute atomic E-state index is 0.314. The Morgan fingerprint density at radius 2 is 0.568 bits per heavy atom. The summed E-state index contributed by atoms with van der Waals surface area (Å²) in [6.07, 6.45) is 37.0. The second kappa shape index (κ2) is 25.0. The van der Waals surface area contributed by atoms with Crippen LogP contribution >= 0.6 is 0 Å². The highest BCUT2D eigenvalue weighted by Crippen LogP contribution is 2.34. The lowest BCUT2D eigenvalue weighted by atomic mass is 9.85. The van der Waals surface area contributed by atoms with Crippen molar-refractivity contribution in [2.75, 3.05) is 6.54 Å². The minimum Gasteiger partial charge on any atom is -0.293 e. The van der Waals surface area contributed by atoms with Gasteiger partial charge >= 0.3 is 0 Å². The van der Waals surface area contributed by atoms with Crippen molar-refractivity contribution in [2.24, 2.45) is 0 Å². The number of hydrogen-bond donors (Lipinski definition) is 0. The van der Waals surface area contributed by atoms with Gasteiger partial charge in [-0.2, -0.15) is 0 Å². The molecule has 1 nitrogen and oxygen atoms in total. The van der Waals surface area contributed by atoms with Crippen LogP contribution in [-0.2, 0) is 0 Å². The minimum atomic E-state index is 0.314. The Bertz CT molecular complexity index is 416. The maximum Gasteiger partial charge on any atom is 0.0158 e. The first-order chi connectivity index (χ1) is 17.8. The molecule has 0 amide bonds. The van der Waals surface area contributed by atoms with Crippen molar-refractivity contribution in [3.05, 3.63) is 0 Å². The van der Waals surface area contributed by atoms with Crippen LogP contribution in [0.4, 0.5) is 0 Å². The molecule has 224 valence electrons. The standard InChI is InChI=1S/C36H75N/c1-8-11-14-17-19-21-23-25-27-29-32-35(4,5)37(34-31-16-13-10-3)36(6,7)33-30-28-26-24-22-20-18-15-12-9-2/h8-34H2,1-7H3. The molecule has 0 bridgehead atoms. The monoisotopic (exact) mass is 522 g/mol. The molecule has 37 heavy (non-hydrogen) atoms. The summed E-state index contributed by atoms with van der Waals surface area (Å²) < 4.78 is 0. The van der Waals surface area contributed by atoms with Crippen molar-refractivity contribution >= 4 is 0 Å². The normalized spacial score (nSPS) is 12.6. The van der Waals surface area contributed by atoms with Gasteiger partial charge in [0.15, 0.2) is 0 Å². The molecule has 0 aliphatic heterocycles. The molecule has 0 aliphatic rings. The lowest BCUT2D eigenvalue weighted by molar-refractivity contribution is 0.00154. The first-order valence-corrected chi connectivity index (χ1v) is 17.6. The molecule has 0 spiro atoms. The van der Waals surface area contributed by atoms with Gasteiger partial charge in [0, 0.05) is 11.1 Å². The zero-order valence-corrected chi connectivity index (χ0v) is 27.5. The van der Waals surface area contributed by atoms with Crippen LogP contribution in [0.25, 0.3) is 0 Å². The van der Waals surface area contributed by atoms with Crippen LogP contribution in [0.3, 0.4) is 0 Å². The highest BCUT2D eigenvalue weighted by molar-refractivity contribution is 4.92. The third-order valence-corrected chi connectivity index (χ3v) is 8.98. The summed E-state index contributed by atoms with van der Waals surface area (Å²) in [5.74, 6) is 0.